The van der Waals surface area contributed by atoms with E-state index in [0.29, 0.717) is 0 Å². The standard InChI is InChI=1S/C12H14N3O10P/c16-7-6(4-24-26(20,21)22)25-11(8(7)17)15-3-5(9(18)14-12(15)19)10-13-1-2-23-10/h1-3,6-8,11,16-17H,4H2,(H,14,18,19)(H2,20,21,22)/t6-,7-,8-,11-/m1/s1. The summed E-state index contributed by atoms with van der Waals surface area (Å²) in [6.45, 7) is -0.732. The number of aliphatic hydroxyl groups excluding tert-OH is 2. The third kappa shape index (κ3) is 3.68. The molecule has 3 rings (SSSR count). The molecule has 1 aliphatic rings. The van der Waals surface area contributed by atoms with Crippen LogP contribution in [0.1, 0.15) is 6.23 Å². The molecule has 5 N–H and O–H groups in total. The van der Waals surface area contributed by atoms with Crippen LogP contribution in [-0.2, 0) is 13.8 Å². The number of nitrogens with zero attached hydrogens (tertiary/aromatic N) is 2. The zero-order chi connectivity index (χ0) is 19.1. The maximum atomic E-state index is 12.1. The molecular formula is C12H14N3O10P. The topological polar surface area (TPSA) is 197 Å². The Morgan fingerprint density at radius 2 is 2.04 bits per heavy atom. The van der Waals surface area contributed by atoms with Crippen LogP contribution in [0, 0.1) is 0 Å². The molecule has 0 aliphatic carbocycles. The Balaban J connectivity index is 1.91. The fraction of sp³-hybridized carbons (Fsp3) is 0.417. The quantitative estimate of drug-likeness (QED) is 0.351. The average molecular weight is 391 g/mol. The number of aliphatic hydroxyl groups is 2. The zero-order valence-electron chi connectivity index (χ0n) is 12.8. The van der Waals surface area contributed by atoms with Crippen LogP contribution in [0.2, 0.25) is 0 Å². The van der Waals surface area contributed by atoms with Crippen LogP contribution in [0.25, 0.3) is 11.5 Å². The minimum Gasteiger partial charge on any atom is -0.444 e. The largest absolute Gasteiger partial charge is 0.469 e. The Hall–Kier alpha value is -2.12. The van der Waals surface area contributed by atoms with Crippen molar-refractivity contribution in [3.05, 3.63) is 39.5 Å². The second kappa shape index (κ2) is 6.89. The fourth-order valence-corrected chi connectivity index (χ4v) is 2.79. The summed E-state index contributed by atoms with van der Waals surface area (Å²) >= 11 is 0. The molecule has 2 aromatic rings. The van der Waals surface area contributed by atoms with Crippen molar-refractivity contribution in [2.75, 3.05) is 6.61 Å². The lowest BCUT2D eigenvalue weighted by molar-refractivity contribution is -0.0542. The van der Waals surface area contributed by atoms with Gasteiger partial charge in [0.25, 0.3) is 5.56 Å². The molecular weight excluding hydrogens is 377 g/mol. The first kappa shape index (κ1) is 18.7. The van der Waals surface area contributed by atoms with Gasteiger partial charge >= 0.3 is 13.5 Å². The number of ether oxygens (including phenoxy) is 1. The van der Waals surface area contributed by atoms with E-state index in [1.165, 1.54) is 12.5 Å². The summed E-state index contributed by atoms with van der Waals surface area (Å²) in [6, 6.07) is 0. The molecule has 1 fully saturated rings. The lowest BCUT2D eigenvalue weighted by atomic mass is 10.1. The molecule has 0 saturated carbocycles. The maximum Gasteiger partial charge on any atom is 0.469 e. The summed E-state index contributed by atoms with van der Waals surface area (Å²) in [6.07, 6.45) is -2.49. The molecule has 0 bridgehead atoms. The highest BCUT2D eigenvalue weighted by atomic mass is 31.2. The third-order valence-electron chi connectivity index (χ3n) is 3.65. The Morgan fingerprint density at radius 1 is 1.31 bits per heavy atom. The second-order valence-corrected chi connectivity index (χ2v) is 6.62. The normalized spacial score (nSPS) is 26.3. The van der Waals surface area contributed by atoms with Crippen LogP contribution in [0.3, 0.4) is 0 Å². The molecule has 1 saturated heterocycles. The molecule has 3 heterocycles. The van der Waals surface area contributed by atoms with Crippen molar-refractivity contribution in [2.45, 2.75) is 24.5 Å². The highest BCUT2D eigenvalue weighted by Gasteiger charge is 2.45. The van der Waals surface area contributed by atoms with E-state index in [0.717, 1.165) is 10.8 Å². The average Bonchev–Trinajstić information content (AvgIpc) is 3.16. The van der Waals surface area contributed by atoms with E-state index in [1.807, 2.05) is 4.98 Å². The van der Waals surface area contributed by atoms with Crippen molar-refractivity contribution >= 4 is 7.82 Å². The van der Waals surface area contributed by atoms with Gasteiger partial charge in [-0.15, -0.1) is 0 Å². The van der Waals surface area contributed by atoms with Gasteiger partial charge in [0.05, 0.1) is 12.8 Å². The molecule has 14 heteroatoms. The number of H-pyrrole nitrogens is 1. The fourth-order valence-electron chi connectivity index (χ4n) is 2.45. The zero-order valence-corrected chi connectivity index (χ0v) is 13.7. The number of phosphoric ester groups is 1. The molecule has 26 heavy (non-hydrogen) atoms. The van der Waals surface area contributed by atoms with E-state index >= 15 is 0 Å². The number of hydrogen-bond donors (Lipinski definition) is 5. The second-order valence-electron chi connectivity index (χ2n) is 5.38. The van der Waals surface area contributed by atoms with Crippen molar-refractivity contribution in [3.8, 4) is 11.5 Å². The van der Waals surface area contributed by atoms with E-state index in [-0.39, 0.29) is 11.5 Å². The summed E-state index contributed by atoms with van der Waals surface area (Å²) < 4.78 is 26.1. The van der Waals surface area contributed by atoms with Crippen molar-refractivity contribution in [3.63, 3.8) is 0 Å². The summed E-state index contributed by atoms with van der Waals surface area (Å²) in [5.74, 6) is -0.0885. The number of rotatable bonds is 5. The Labute approximate surface area is 143 Å². The molecule has 0 amide bonds. The van der Waals surface area contributed by atoms with Gasteiger partial charge in [-0.1, -0.05) is 0 Å². The Kier molecular flexibility index (Phi) is 4.94. The summed E-state index contributed by atoms with van der Waals surface area (Å²) in [4.78, 5) is 47.2. The lowest BCUT2D eigenvalue weighted by Crippen LogP contribution is -2.38. The van der Waals surface area contributed by atoms with Crippen LogP contribution in [0.15, 0.2) is 32.7 Å². The number of oxazole rings is 1. The molecule has 0 unspecified atom stereocenters. The maximum absolute atomic E-state index is 12.1. The highest BCUT2D eigenvalue weighted by molar-refractivity contribution is 7.46. The molecule has 0 radical (unpaired) electrons. The van der Waals surface area contributed by atoms with Gasteiger partial charge in [0.1, 0.15) is 30.1 Å². The summed E-state index contributed by atoms with van der Waals surface area (Å²) in [5.41, 5.74) is -1.86. The van der Waals surface area contributed by atoms with Crippen molar-refractivity contribution < 1.29 is 38.2 Å². The van der Waals surface area contributed by atoms with Crippen LogP contribution in [-0.4, -0.2) is 59.5 Å². The van der Waals surface area contributed by atoms with Gasteiger partial charge in [-0.3, -0.25) is 18.9 Å². The predicted molar refractivity (Wildman–Crippen MR) is 80.7 cm³/mol. The summed E-state index contributed by atoms with van der Waals surface area (Å²) in [7, 11) is -4.82. The van der Waals surface area contributed by atoms with Gasteiger partial charge in [0.15, 0.2) is 6.23 Å². The molecule has 0 aromatic carbocycles. The smallest absolute Gasteiger partial charge is 0.444 e. The number of nitrogens with one attached hydrogen (secondary N) is 1. The first-order chi connectivity index (χ1) is 12.2. The van der Waals surface area contributed by atoms with Gasteiger partial charge in [-0.25, -0.2) is 14.3 Å². The number of phosphoric acid groups is 1. The van der Waals surface area contributed by atoms with E-state index in [1.54, 1.807) is 0 Å². The van der Waals surface area contributed by atoms with Gasteiger partial charge in [-0.2, -0.15) is 0 Å². The number of aromatic amines is 1. The first-order valence-electron chi connectivity index (χ1n) is 7.14. The van der Waals surface area contributed by atoms with Gasteiger partial charge in [0.2, 0.25) is 5.89 Å². The highest BCUT2D eigenvalue weighted by Crippen LogP contribution is 2.38. The lowest BCUT2D eigenvalue weighted by Gasteiger charge is -2.17. The van der Waals surface area contributed by atoms with E-state index < -0.39 is 50.2 Å². The first-order valence-corrected chi connectivity index (χ1v) is 8.67. The van der Waals surface area contributed by atoms with Crippen LogP contribution < -0.4 is 11.2 Å². The van der Waals surface area contributed by atoms with E-state index in [9.17, 15) is 24.4 Å². The minimum absolute atomic E-state index is 0.0885. The number of hydrogen-bond acceptors (Lipinski definition) is 9. The van der Waals surface area contributed by atoms with Gasteiger partial charge in [0, 0.05) is 6.20 Å². The summed E-state index contributed by atoms with van der Waals surface area (Å²) in [5, 5.41) is 20.1. The predicted octanol–water partition coefficient (Wildman–Crippen LogP) is -2.08. The third-order valence-corrected chi connectivity index (χ3v) is 4.13. The molecule has 4 atom stereocenters. The molecule has 13 nitrogen and oxygen atoms in total. The van der Waals surface area contributed by atoms with Gasteiger partial charge in [-0.05, 0) is 0 Å². The molecule has 0 spiro atoms. The van der Waals surface area contributed by atoms with Gasteiger partial charge < -0.3 is 29.2 Å². The van der Waals surface area contributed by atoms with Crippen LogP contribution in [0.5, 0.6) is 0 Å². The van der Waals surface area contributed by atoms with E-state index in [2.05, 4.69) is 9.51 Å². The SMILES string of the molecule is O=c1[nH]c(=O)n([C@@H]2O[C@H](COP(=O)(O)O)[C@@H](O)[C@H]2O)cc1-c1ncco1. The molecule has 1 aliphatic heterocycles. The minimum atomic E-state index is -4.82. The van der Waals surface area contributed by atoms with Crippen molar-refractivity contribution in [1.82, 2.24) is 14.5 Å². The van der Waals surface area contributed by atoms with Crippen LogP contribution >= 0.6 is 7.82 Å². The monoisotopic (exact) mass is 391 g/mol. The Morgan fingerprint density at radius 3 is 2.65 bits per heavy atom. The number of aromatic nitrogens is 3. The van der Waals surface area contributed by atoms with Crippen molar-refractivity contribution in [2.24, 2.45) is 0 Å². The van der Waals surface area contributed by atoms with Crippen molar-refractivity contribution in [1.29, 1.82) is 0 Å². The molecule has 142 valence electrons. The Bertz CT molecular complexity index is 931. The van der Waals surface area contributed by atoms with E-state index in [4.69, 9.17) is 18.9 Å². The van der Waals surface area contributed by atoms with Crippen LogP contribution in [0.4, 0.5) is 0 Å². The molecule has 2 aromatic heterocycles.